The molecule has 0 heterocycles. The van der Waals surface area contributed by atoms with Gasteiger partial charge in [0.1, 0.15) is 18.1 Å². The fraction of sp³-hybridized carbons (Fsp3) is 0.294. The van der Waals surface area contributed by atoms with E-state index < -0.39 is 0 Å². The van der Waals surface area contributed by atoms with Crippen LogP contribution in [0.15, 0.2) is 46.9 Å². The van der Waals surface area contributed by atoms with Gasteiger partial charge >= 0.3 is 0 Å². The number of halogens is 1. The van der Waals surface area contributed by atoms with Crippen molar-refractivity contribution in [2.45, 2.75) is 26.0 Å². The molecule has 0 aromatic heterocycles. The van der Waals surface area contributed by atoms with E-state index in [9.17, 15) is 0 Å². The summed E-state index contributed by atoms with van der Waals surface area (Å²) in [5.41, 5.74) is 8.11. The van der Waals surface area contributed by atoms with E-state index in [1.54, 1.807) is 7.11 Å². The molecule has 0 bridgehead atoms. The van der Waals surface area contributed by atoms with Gasteiger partial charge in [-0.05, 0) is 42.7 Å². The van der Waals surface area contributed by atoms with Gasteiger partial charge in [-0.2, -0.15) is 0 Å². The van der Waals surface area contributed by atoms with Gasteiger partial charge in [0, 0.05) is 16.6 Å². The topological polar surface area (TPSA) is 44.5 Å². The van der Waals surface area contributed by atoms with Crippen molar-refractivity contribution in [1.29, 1.82) is 0 Å². The Morgan fingerprint density at radius 1 is 1.14 bits per heavy atom. The van der Waals surface area contributed by atoms with Gasteiger partial charge in [-0.3, -0.25) is 0 Å². The molecular weight excluding hydrogens is 330 g/mol. The Balaban J connectivity index is 2.14. The largest absolute Gasteiger partial charge is 0.497 e. The van der Waals surface area contributed by atoms with Gasteiger partial charge in [-0.15, -0.1) is 0 Å². The number of benzene rings is 2. The SMILES string of the molecule is COc1ccc(CC(C)N)c(OCc2ccc(Br)cc2)c1. The Morgan fingerprint density at radius 3 is 2.48 bits per heavy atom. The highest BCUT2D eigenvalue weighted by Crippen LogP contribution is 2.26. The lowest BCUT2D eigenvalue weighted by molar-refractivity contribution is 0.300. The van der Waals surface area contributed by atoms with Crippen LogP contribution < -0.4 is 15.2 Å². The molecule has 3 nitrogen and oxygen atoms in total. The Bertz CT molecular complexity index is 582. The molecule has 2 N–H and O–H groups in total. The lowest BCUT2D eigenvalue weighted by Crippen LogP contribution is -2.18. The van der Waals surface area contributed by atoms with Crippen molar-refractivity contribution in [1.82, 2.24) is 0 Å². The molecule has 21 heavy (non-hydrogen) atoms. The summed E-state index contributed by atoms with van der Waals surface area (Å²) in [6.07, 6.45) is 0.777. The van der Waals surface area contributed by atoms with E-state index in [1.807, 2.05) is 49.4 Å². The number of nitrogens with two attached hydrogens (primary N) is 1. The summed E-state index contributed by atoms with van der Waals surface area (Å²) in [7, 11) is 1.65. The number of ether oxygens (including phenoxy) is 2. The average Bonchev–Trinajstić information content (AvgIpc) is 2.47. The molecule has 2 rings (SSSR count). The molecule has 2 aromatic rings. The quantitative estimate of drug-likeness (QED) is 0.859. The van der Waals surface area contributed by atoms with Crippen LogP contribution in [-0.2, 0) is 13.0 Å². The highest BCUT2D eigenvalue weighted by atomic mass is 79.9. The lowest BCUT2D eigenvalue weighted by Gasteiger charge is -2.14. The fourth-order valence-corrected chi connectivity index (χ4v) is 2.32. The zero-order chi connectivity index (χ0) is 15.2. The Morgan fingerprint density at radius 2 is 1.86 bits per heavy atom. The summed E-state index contributed by atoms with van der Waals surface area (Å²) >= 11 is 3.43. The van der Waals surface area contributed by atoms with Gasteiger partial charge in [-0.1, -0.05) is 34.1 Å². The average molecular weight is 350 g/mol. The van der Waals surface area contributed by atoms with E-state index in [4.69, 9.17) is 15.2 Å². The zero-order valence-corrected chi connectivity index (χ0v) is 13.9. The predicted octanol–water partition coefficient (Wildman–Crippen LogP) is 3.93. The van der Waals surface area contributed by atoms with E-state index in [0.29, 0.717) is 6.61 Å². The minimum atomic E-state index is 0.0911. The molecule has 0 aliphatic heterocycles. The van der Waals surface area contributed by atoms with E-state index in [-0.39, 0.29) is 6.04 Å². The lowest BCUT2D eigenvalue weighted by atomic mass is 10.1. The Labute approximate surface area is 134 Å². The number of methoxy groups -OCH3 is 1. The Hall–Kier alpha value is -1.52. The fourth-order valence-electron chi connectivity index (χ4n) is 2.05. The first-order valence-corrected chi connectivity index (χ1v) is 7.67. The van der Waals surface area contributed by atoms with Gasteiger partial charge in [0.15, 0.2) is 0 Å². The van der Waals surface area contributed by atoms with Crippen molar-refractivity contribution in [3.8, 4) is 11.5 Å². The van der Waals surface area contributed by atoms with Gasteiger partial charge in [0.25, 0.3) is 0 Å². The normalized spacial score (nSPS) is 12.0. The van der Waals surface area contributed by atoms with Gasteiger partial charge in [-0.25, -0.2) is 0 Å². The molecule has 2 aromatic carbocycles. The van der Waals surface area contributed by atoms with Gasteiger partial charge in [0.2, 0.25) is 0 Å². The van der Waals surface area contributed by atoms with Gasteiger partial charge < -0.3 is 15.2 Å². The van der Waals surface area contributed by atoms with Crippen LogP contribution in [0.1, 0.15) is 18.1 Å². The van der Waals surface area contributed by atoms with Crippen molar-refractivity contribution in [2.75, 3.05) is 7.11 Å². The molecule has 1 unspecified atom stereocenters. The van der Waals surface area contributed by atoms with Gasteiger partial charge in [0.05, 0.1) is 7.11 Å². The third kappa shape index (κ3) is 4.76. The van der Waals surface area contributed by atoms with E-state index in [2.05, 4.69) is 15.9 Å². The first-order chi connectivity index (χ1) is 10.1. The summed E-state index contributed by atoms with van der Waals surface area (Å²) in [6, 6.07) is 14.0. The van der Waals surface area contributed by atoms with Crippen LogP contribution in [0, 0.1) is 0 Å². The molecule has 4 heteroatoms. The summed E-state index contributed by atoms with van der Waals surface area (Å²) in [4.78, 5) is 0. The van der Waals surface area contributed by atoms with Crippen molar-refractivity contribution in [2.24, 2.45) is 5.73 Å². The molecular formula is C17H20BrNO2. The summed E-state index contributed by atoms with van der Waals surface area (Å²) < 4.78 is 12.3. The second-order valence-electron chi connectivity index (χ2n) is 5.07. The van der Waals surface area contributed by atoms with Crippen molar-refractivity contribution in [3.63, 3.8) is 0 Å². The number of hydrogen-bond acceptors (Lipinski definition) is 3. The predicted molar refractivity (Wildman–Crippen MR) is 88.8 cm³/mol. The molecule has 0 fully saturated rings. The van der Waals surface area contributed by atoms with Crippen LogP contribution in [0.2, 0.25) is 0 Å². The van der Waals surface area contributed by atoms with Crippen molar-refractivity contribution < 1.29 is 9.47 Å². The standard InChI is InChI=1S/C17H20BrNO2/c1-12(19)9-14-5-8-16(20-2)10-17(14)21-11-13-3-6-15(18)7-4-13/h3-8,10,12H,9,11,19H2,1-2H3. The van der Waals surface area contributed by atoms with Crippen LogP contribution >= 0.6 is 15.9 Å². The second kappa shape index (κ2) is 7.48. The minimum absolute atomic E-state index is 0.0911. The summed E-state index contributed by atoms with van der Waals surface area (Å²) in [5, 5.41) is 0. The van der Waals surface area contributed by atoms with Crippen molar-refractivity contribution >= 4 is 15.9 Å². The summed E-state index contributed by atoms with van der Waals surface area (Å²) in [5.74, 6) is 1.61. The molecule has 0 saturated carbocycles. The molecule has 0 saturated heterocycles. The zero-order valence-electron chi connectivity index (χ0n) is 12.3. The van der Waals surface area contributed by atoms with E-state index >= 15 is 0 Å². The highest BCUT2D eigenvalue weighted by molar-refractivity contribution is 9.10. The summed E-state index contributed by atoms with van der Waals surface area (Å²) in [6.45, 7) is 2.51. The Kier molecular flexibility index (Phi) is 5.65. The van der Waals surface area contributed by atoms with Crippen LogP contribution in [0.3, 0.4) is 0 Å². The maximum absolute atomic E-state index is 5.96. The monoisotopic (exact) mass is 349 g/mol. The molecule has 0 amide bonds. The van der Waals surface area contributed by atoms with Crippen LogP contribution in [0.25, 0.3) is 0 Å². The molecule has 0 spiro atoms. The minimum Gasteiger partial charge on any atom is -0.497 e. The molecule has 1 atom stereocenters. The van der Waals surface area contributed by atoms with E-state index in [1.165, 1.54) is 0 Å². The smallest absolute Gasteiger partial charge is 0.126 e. The maximum atomic E-state index is 5.96. The third-order valence-corrected chi connectivity index (χ3v) is 3.65. The first-order valence-electron chi connectivity index (χ1n) is 6.88. The third-order valence-electron chi connectivity index (χ3n) is 3.12. The van der Waals surface area contributed by atoms with Crippen LogP contribution in [-0.4, -0.2) is 13.2 Å². The number of hydrogen-bond donors (Lipinski definition) is 1. The molecule has 0 aliphatic carbocycles. The van der Waals surface area contributed by atoms with Crippen molar-refractivity contribution in [3.05, 3.63) is 58.1 Å². The highest BCUT2D eigenvalue weighted by Gasteiger charge is 2.08. The first kappa shape index (κ1) is 15.9. The second-order valence-corrected chi connectivity index (χ2v) is 5.99. The molecule has 0 radical (unpaired) electrons. The van der Waals surface area contributed by atoms with E-state index in [0.717, 1.165) is 33.5 Å². The number of rotatable bonds is 6. The van der Waals surface area contributed by atoms with Crippen LogP contribution in [0.4, 0.5) is 0 Å². The van der Waals surface area contributed by atoms with Crippen LogP contribution in [0.5, 0.6) is 11.5 Å². The molecule has 112 valence electrons. The maximum Gasteiger partial charge on any atom is 0.126 e. The molecule has 0 aliphatic rings.